The van der Waals surface area contributed by atoms with Gasteiger partial charge < -0.3 is 5.32 Å². The zero-order valence-corrected chi connectivity index (χ0v) is 15.7. The van der Waals surface area contributed by atoms with Crippen molar-refractivity contribution in [1.29, 1.82) is 0 Å². The molecule has 0 saturated carbocycles. The molecule has 0 bridgehead atoms. The van der Waals surface area contributed by atoms with Crippen molar-refractivity contribution < 1.29 is 4.79 Å². The highest BCUT2D eigenvalue weighted by atomic mass is 79.9. The normalized spacial score (nSPS) is 9.88. The standard InChI is InChI=1S/C22H17BrN2O/c23-19-7-3-5-17(15-19)11-13-22(26)25-21-9-4-6-18(16-21)10-12-20-8-1-2-14-24-20/h1-9,14-16H,11,13H2,(H,25,26). The second-order valence-electron chi connectivity index (χ2n) is 5.72. The fourth-order valence-corrected chi connectivity index (χ4v) is 2.87. The Bertz CT molecular complexity index is 958. The van der Waals surface area contributed by atoms with Gasteiger partial charge in [-0.1, -0.05) is 46.1 Å². The van der Waals surface area contributed by atoms with Gasteiger partial charge in [0, 0.05) is 28.3 Å². The Hall–Kier alpha value is -2.90. The van der Waals surface area contributed by atoms with E-state index in [1.54, 1.807) is 6.20 Å². The molecule has 0 unspecified atom stereocenters. The van der Waals surface area contributed by atoms with Crippen LogP contribution in [0.15, 0.2) is 77.4 Å². The highest BCUT2D eigenvalue weighted by molar-refractivity contribution is 9.10. The number of nitrogens with zero attached hydrogens (tertiary/aromatic N) is 1. The van der Waals surface area contributed by atoms with Gasteiger partial charge in [-0.2, -0.15) is 0 Å². The smallest absolute Gasteiger partial charge is 0.224 e. The van der Waals surface area contributed by atoms with Crippen LogP contribution in [0.1, 0.15) is 23.2 Å². The number of halogens is 1. The molecule has 3 rings (SSSR count). The number of carbonyl (C=O) groups excluding carboxylic acids is 1. The largest absolute Gasteiger partial charge is 0.326 e. The van der Waals surface area contributed by atoms with Gasteiger partial charge in [-0.15, -0.1) is 0 Å². The SMILES string of the molecule is O=C(CCc1cccc(Br)c1)Nc1cccc(C#Cc2ccccn2)c1. The van der Waals surface area contributed by atoms with E-state index in [4.69, 9.17) is 0 Å². The van der Waals surface area contributed by atoms with Crippen molar-refractivity contribution in [3.05, 3.63) is 94.2 Å². The van der Waals surface area contributed by atoms with E-state index in [1.165, 1.54) is 0 Å². The summed E-state index contributed by atoms with van der Waals surface area (Å²) in [5.74, 6) is 6.07. The molecule has 1 heterocycles. The summed E-state index contributed by atoms with van der Waals surface area (Å²) in [4.78, 5) is 16.4. The van der Waals surface area contributed by atoms with Gasteiger partial charge in [0.2, 0.25) is 5.91 Å². The van der Waals surface area contributed by atoms with Crippen LogP contribution >= 0.6 is 15.9 Å². The van der Waals surface area contributed by atoms with Crippen molar-refractivity contribution >= 4 is 27.5 Å². The van der Waals surface area contributed by atoms with Crippen LogP contribution in [-0.4, -0.2) is 10.9 Å². The molecule has 3 aromatic rings. The molecular formula is C22H17BrN2O. The van der Waals surface area contributed by atoms with Gasteiger partial charge in [0.05, 0.1) is 0 Å². The van der Waals surface area contributed by atoms with Crippen LogP contribution in [0.2, 0.25) is 0 Å². The van der Waals surface area contributed by atoms with Crippen LogP contribution in [0, 0.1) is 11.8 Å². The molecule has 2 aromatic carbocycles. The van der Waals surface area contributed by atoms with Crippen LogP contribution < -0.4 is 5.32 Å². The number of amides is 1. The molecule has 1 amide bonds. The predicted molar refractivity (Wildman–Crippen MR) is 108 cm³/mol. The van der Waals surface area contributed by atoms with Gasteiger partial charge in [-0.3, -0.25) is 4.79 Å². The fourth-order valence-electron chi connectivity index (χ4n) is 2.42. The molecule has 0 fully saturated rings. The van der Waals surface area contributed by atoms with E-state index < -0.39 is 0 Å². The minimum absolute atomic E-state index is 0.0141. The molecule has 0 radical (unpaired) electrons. The lowest BCUT2D eigenvalue weighted by Crippen LogP contribution is -2.12. The average molecular weight is 405 g/mol. The van der Waals surface area contributed by atoms with E-state index in [0.29, 0.717) is 12.8 Å². The Balaban J connectivity index is 1.60. The summed E-state index contributed by atoms with van der Waals surface area (Å²) in [5.41, 5.74) is 3.43. The first kappa shape index (κ1) is 17.9. The number of anilines is 1. The molecule has 0 spiro atoms. The minimum Gasteiger partial charge on any atom is -0.326 e. The van der Waals surface area contributed by atoms with E-state index in [9.17, 15) is 4.79 Å². The molecular weight excluding hydrogens is 388 g/mol. The monoisotopic (exact) mass is 404 g/mol. The Morgan fingerprint density at radius 3 is 2.69 bits per heavy atom. The Labute approximate surface area is 161 Å². The van der Waals surface area contributed by atoms with E-state index >= 15 is 0 Å². The topological polar surface area (TPSA) is 42.0 Å². The highest BCUT2D eigenvalue weighted by Crippen LogP contribution is 2.14. The second-order valence-corrected chi connectivity index (χ2v) is 6.64. The molecule has 3 nitrogen and oxygen atoms in total. The number of aromatic nitrogens is 1. The fraction of sp³-hybridized carbons (Fsp3) is 0.0909. The third-order valence-electron chi connectivity index (χ3n) is 3.68. The van der Waals surface area contributed by atoms with Crippen molar-refractivity contribution in [2.24, 2.45) is 0 Å². The lowest BCUT2D eigenvalue weighted by molar-refractivity contribution is -0.116. The van der Waals surface area contributed by atoms with Gasteiger partial charge in [-0.25, -0.2) is 4.98 Å². The van der Waals surface area contributed by atoms with Gasteiger partial charge in [0.25, 0.3) is 0 Å². The van der Waals surface area contributed by atoms with Crippen LogP contribution in [0.5, 0.6) is 0 Å². The Morgan fingerprint density at radius 1 is 1.00 bits per heavy atom. The van der Waals surface area contributed by atoms with Crippen molar-refractivity contribution in [2.45, 2.75) is 12.8 Å². The van der Waals surface area contributed by atoms with Gasteiger partial charge in [0.1, 0.15) is 5.69 Å². The second kappa shape index (κ2) is 8.98. The van der Waals surface area contributed by atoms with Crippen LogP contribution in [0.4, 0.5) is 5.69 Å². The molecule has 0 aliphatic rings. The van der Waals surface area contributed by atoms with E-state index in [0.717, 1.165) is 27.0 Å². The maximum absolute atomic E-state index is 12.2. The first-order valence-corrected chi connectivity index (χ1v) is 9.06. The van der Waals surface area contributed by atoms with Crippen LogP contribution in [-0.2, 0) is 11.2 Å². The van der Waals surface area contributed by atoms with E-state index in [1.807, 2.05) is 66.7 Å². The molecule has 0 saturated heterocycles. The third kappa shape index (κ3) is 5.58. The summed E-state index contributed by atoms with van der Waals surface area (Å²) in [6.07, 6.45) is 2.84. The lowest BCUT2D eigenvalue weighted by Gasteiger charge is -2.06. The number of benzene rings is 2. The minimum atomic E-state index is -0.0141. The first-order valence-electron chi connectivity index (χ1n) is 8.26. The third-order valence-corrected chi connectivity index (χ3v) is 4.17. The molecule has 4 heteroatoms. The summed E-state index contributed by atoms with van der Waals surface area (Å²) < 4.78 is 1.02. The zero-order chi connectivity index (χ0) is 18.2. The van der Waals surface area contributed by atoms with E-state index in [-0.39, 0.29) is 5.91 Å². The van der Waals surface area contributed by atoms with Gasteiger partial charge in [-0.05, 0) is 60.4 Å². The Morgan fingerprint density at radius 2 is 1.88 bits per heavy atom. The average Bonchev–Trinajstić information content (AvgIpc) is 2.66. The maximum Gasteiger partial charge on any atom is 0.224 e. The number of hydrogen-bond acceptors (Lipinski definition) is 2. The lowest BCUT2D eigenvalue weighted by atomic mass is 10.1. The van der Waals surface area contributed by atoms with Crippen molar-refractivity contribution in [3.63, 3.8) is 0 Å². The molecule has 1 aromatic heterocycles. The zero-order valence-electron chi connectivity index (χ0n) is 14.1. The maximum atomic E-state index is 12.2. The molecule has 26 heavy (non-hydrogen) atoms. The number of rotatable bonds is 4. The molecule has 0 atom stereocenters. The van der Waals surface area contributed by atoms with Gasteiger partial charge in [0.15, 0.2) is 0 Å². The van der Waals surface area contributed by atoms with Crippen LogP contribution in [0.25, 0.3) is 0 Å². The number of carbonyl (C=O) groups is 1. The molecule has 0 aliphatic carbocycles. The van der Waals surface area contributed by atoms with Gasteiger partial charge >= 0.3 is 0 Å². The predicted octanol–water partition coefficient (Wildman–Crippen LogP) is 4.82. The van der Waals surface area contributed by atoms with E-state index in [2.05, 4.69) is 38.1 Å². The quantitative estimate of drug-likeness (QED) is 0.633. The summed E-state index contributed by atoms with van der Waals surface area (Å²) >= 11 is 3.44. The van der Waals surface area contributed by atoms with Crippen molar-refractivity contribution in [3.8, 4) is 11.8 Å². The summed E-state index contributed by atoms with van der Waals surface area (Å²) in [6, 6.07) is 21.1. The summed E-state index contributed by atoms with van der Waals surface area (Å²) in [7, 11) is 0. The summed E-state index contributed by atoms with van der Waals surface area (Å²) in [6.45, 7) is 0. The molecule has 1 N–H and O–H groups in total. The highest BCUT2D eigenvalue weighted by Gasteiger charge is 2.04. The number of hydrogen-bond donors (Lipinski definition) is 1. The number of pyridine rings is 1. The molecule has 128 valence electrons. The van der Waals surface area contributed by atoms with Crippen molar-refractivity contribution in [1.82, 2.24) is 4.98 Å². The van der Waals surface area contributed by atoms with Crippen molar-refractivity contribution in [2.75, 3.05) is 5.32 Å². The molecule has 0 aliphatic heterocycles. The first-order chi connectivity index (χ1) is 12.7. The van der Waals surface area contributed by atoms with Crippen LogP contribution in [0.3, 0.4) is 0 Å². The number of aryl methyl sites for hydroxylation is 1. The Kier molecular flexibility index (Phi) is 6.19. The summed E-state index contributed by atoms with van der Waals surface area (Å²) in [5, 5.41) is 2.93. The number of nitrogens with one attached hydrogen (secondary N) is 1.